The van der Waals surface area contributed by atoms with Crippen LogP contribution in [0.5, 0.6) is 0 Å². The number of nitrogens with two attached hydrogens (primary N) is 1. The van der Waals surface area contributed by atoms with E-state index in [1.807, 2.05) is 0 Å². The predicted octanol–water partition coefficient (Wildman–Crippen LogP) is 0.0224. The maximum Gasteiger partial charge on any atom is 0.237 e. The second-order valence-electron chi connectivity index (χ2n) is 3.25. The van der Waals surface area contributed by atoms with Crippen LogP contribution >= 0.6 is 0 Å². The second kappa shape index (κ2) is 1.70. The van der Waals surface area contributed by atoms with Gasteiger partial charge >= 0.3 is 0 Å². The van der Waals surface area contributed by atoms with E-state index in [9.17, 15) is 4.79 Å². The van der Waals surface area contributed by atoms with Gasteiger partial charge in [0.2, 0.25) is 5.91 Å². The molecule has 52 valence electrons. The summed E-state index contributed by atoms with van der Waals surface area (Å²) in [4.78, 5) is 10.8. The third kappa shape index (κ3) is 1.05. The van der Waals surface area contributed by atoms with Crippen molar-refractivity contribution in [1.82, 2.24) is 5.43 Å². The molecule has 1 aliphatic rings. The molecule has 0 spiro atoms. The van der Waals surface area contributed by atoms with Crippen LogP contribution in [0.3, 0.4) is 0 Å². The van der Waals surface area contributed by atoms with Crippen molar-refractivity contribution in [2.75, 3.05) is 0 Å². The minimum absolute atomic E-state index is 0.0278. The Labute approximate surface area is 54.6 Å². The monoisotopic (exact) mass is 128 g/mol. The highest BCUT2D eigenvalue weighted by Crippen LogP contribution is 2.51. The molecule has 0 unspecified atom stereocenters. The van der Waals surface area contributed by atoms with Gasteiger partial charge in [0.15, 0.2) is 0 Å². The molecule has 0 aromatic carbocycles. The topological polar surface area (TPSA) is 55.1 Å². The standard InChI is InChI=1S/C6H12N2O/c1-6(2)3-4(6)5(9)8-7/h4H,3,7H2,1-2H3,(H,8,9)/t4-/m0/s1. The fraction of sp³-hybridized carbons (Fsp3) is 0.833. The van der Waals surface area contributed by atoms with Crippen LogP contribution in [0.4, 0.5) is 0 Å². The highest BCUT2D eigenvalue weighted by molar-refractivity contribution is 5.81. The van der Waals surface area contributed by atoms with E-state index in [0.29, 0.717) is 0 Å². The third-order valence-corrected chi connectivity index (χ3v) is 1.97. The van der Waals surface area contributed by atoms with E-state index in [0.717, 1.165) is 6.42 Å². The molecule has 1 aliphatic carbocycles. The number of amides is 1. The van der Waals surface area contributed by atoms with Crippen molar-refractivity contribution in [3.05, 3.63) is 0 Å². The summed E-state index contributed by atoms with van der Waals surface area (Å²) in [6.45, 7) is 4.12. The Morgan fingerprint density at radius 3 is 2.33 bits per heavy atom. The van der Waals surface area contributed by atoms with E-state index < -0.39 is 0 Å². The van der Waals surface area contributed by atoms with Gasteiger partial charge in [0, 0.05) is 5.92 Å². The van der Waals surface area contributed by atoms with Gasteiger partial charge in [-0.3, -0.25) is 10.2 Å². The van der Waals surface area contributed by atoms with Gasteiger partial charge in [-0.1, -0.05) is 13.8 Å². The first-order valence-electron chi connectivity index (χ1n) is 3.08. The smallest absolute Gasteiger partial charge is 0.237 e. The van der Waals surface area contributed by atoms with E-state index in [-0.39, 0.29) is 17.2 Å². The van der Waals surface area contributed by atoms with Crippen molar-refractivity contribution in [1.29, 1.82) is 0 Å². The summed E-state index contributed by atoms with van der Waals surface area (Å²) in [5.41, 5.74) is 2.34. The predicted molar refractivity (Wildman–Crippen MR) is 34.2 cm³/mol. The molecule has 1 atom stereocenters. The first-order valence-corrected chi connectivity index (χ1v) is 3.08. The van der Waals surface area contributed by atoms with Crippen molar-refractivity contribution >= 4 is 5.91 Å². The van der Waals surface area contributed by atoms with Crippen LogP contribution in [0.1, 0.15) is 20.3 Å². The first kappa shape index (κ1) is 6.55. The Hall–Kier alpha value is -0.570. The summed E-state index contributed by atoms with van der Waals surface area (Å²) in [5, 5.41) is 0. The van der Waals surface area contributed by atoms with E-state index in [1.54, 1.807) is 0 Å². The van der Waals surface area contributed by atoms with Crippen molar-refractivity contribution in [2.24, 2.45) is 17.2 Å². The number of nitrogens with one attached hydrogen (secondary N) is 1. The van der Waals surface area contributed by atoms with Crippen molar-refractivity contribution in [2.45, 2.75) is 20.3 Å². The first-order chi connectivity index (χ1) is 4.08. The highest BCUT2D eigenvalue weighted by atomic mass is 16.2. The molecule has 0 aromatic heterocycles. The molecule has 0 saturated heterocycles. The molecular formula is C6H12N2O. The van der Waals surface area contributed by atoms with Crippen LogP contribution in [0, 0.1) is 11.3 Å². The molecule has 3 nitrogen and oxygen atoms in total. The summed E-state index contributed by atoms with van der Waals surface area (Å²) in [6, 6.07) is 0. The zero-order valence-corrected chi connectivity index (χ0v) is 5.77. The lowest BCUT2D eigenvalue weighted by Crippen LogP contribution is -2.32. The van der Waals surface area contributed by atoms with Crippen molar-refractivity contribution in [3.8, 4) is 0 Å². The largest absolute Gasteiger partial charge is 0.294 e. The fourth-order valence-electron chi connectivity index (χ4n) is 1.02. The van der Waals surface area contributed by atoms with Gasteiger partial charge in [-0.15, -0.1) is 0 Å². The van der Waals surface area contributed by atoms with Crippen LogP contribution in [-0.2, 0) is 4.79 Å². The van der Waals surface area contributed by atoms with Gasteiger partial charge in [0.1, 0.15) is 0 Å². The second-order valence-corrected chi connectivity index (χ2v) is 3.25. The fourth-order valence-corrected chi connectivity index (χ4v) is 1.02. The molecule has 1 rings (SSSR count). The van der Waals surface area contributed by atoms with E-state index >= 15 is 0 Å². The normalized spacial score (nSPS) is 29.4. The van der Waals surface area contributed by atoms with Crippen LogP contribution in [0.15, 0.2) is 0 Å². The van der Waals surface area contributed by atoms with Gasteiger partial charge in [-0.25, -0.2) is 5.84 Å². The number of hydrazine groups is 1. The Morgan fingerprint density at radius 2 is 2.22 bits per heavy atom. The summed E-state index contributed by atoms with van der Waals surface area (Å²) >= 11 is 0. The number of rotatable bonds is 1. The van der Waals surface area contributed by atoms with Crippen LogP contribution in [0.25, 0.3) is 0 Å². The maximum absolute atomic E-state index is 10.8. The van der Waals surface area contributed by atoms with Crippen molar-refractivity contribution in [3.63, 3.8) is 0 Å². The molecule has 0 aromatic rings. The Bertz CT molecular complexity index is 142. The Morgan fingerprint density at radius 1 is 1.78 bits per heavy atom. The SMILES string of the molecule is CC1(C)C[C@H]1C(=O)NN. The third-order valence-electron chi connectivity index (χ3n) is 1.97. The van der Waals surface area contributed by atoms with E-state index in [4.69, 9.17) is 5.84 Å². The lowest BCUT2D eigenvalue weighted by Gasteiger charge is -1.99. The minimum atomic E-state index is -0.0278. The Balaban J connectivity index is 2.42. The molecule has 3 N–H and O–H groups in total. The molecule has 0 aliphatic heterocycles. The lowest BCUT2D eigenvalue weighted by atomic mass is 10.1. The highest BCUT2D eigenvalue weighted by Gasteiger charge is 2.50. The molecule has 0 heterocycles. The van der Waals surface area contributed by atoms with Gasteiger partial charge in [0.25, 0.3) is 0 Å². The number of hydrogen-bond donors (Lipinski definition) is 2. The summed E-state index contributed by atoms with van der Waals surface area (Å²) < 4.78 is 0. The van der Waals surface area contributed by atoms with Gasteiger partial charge in [-0.05, 0) is 11.8 Å². The zero-order chi connectivity index (χ0) is 7.07. The van der Waals surface area contributed by atoms with Gasteiger partial charge in [0.05, 0.1) is 0 Å². The number of carbonyl (C=O) groups is 1. The maximum atomic E-state index is 10.8. The summed E-state index contributed by atoms with van der Waals surface area (Å²) in [7, 11) is 0. The minimum Gasteiger partial charge on any atom is -0.294 e. The van der Waals surface area contributed by atoms with Crippen molar-refractivity contribution < 1.29 is 4.79 Å². The average molecular weight is 128 g/mol. The molecule has 0 bridgehead atoms. The molecular weight excluding hydrogens is 116 g/mol. The average Bonchev–Trinajstić information content (AvgIpc) is 2.38. The van der Waals surface area contributed by atoms with Gasteiger partial charge in [-0.2, -0.15) is 0 Å². The summed E-state index contributed by atoms with van der Waals surface area (Å²) in [5.74, 6) is 5.06. The quantitative estimate of drug-likeness (QED) is 0.297. The van der Waals surface area contributed by atoms with E-state index in [1.165, 1.54) is 0 Å². The lowest BCUT2D eigenvalue weighted by molar-refractivity contribution is -0.123. The van der Waals surface area contributed by atoms with E-state index in [2.05, 4.69) is 19.3 Å². The molecule has 1 fully saturated rings. The zero-order valence-electron chi connectivity index (χ0n) is 5.77. The van der Waals surface area contributed by atoms with Crippen LogP contribution in [-0.4, -0.2) is 5.91 Å². The molecule has 1 amide bonds. The van der Waals surface area contributed by atoms with Crippen LogP contribution < -0.4 is 11.3 Å². The summed E-state index contributed by atoms with van der Waals surface area (Å²) in [6.07, 6.45) is 0.968. The number of carbonyl (C=O) groups excluding carboxylic acids is 1. The molecule has 1 saturated carbocycles. The Kier molecular flexibility index (Phi) is 1.24. The molecule has 0 radical (unpaired) electrons. The number of hydrogen-bond acceptors (Lipinski definition) is 2. The van der Waals surface area contributed by atoms with Crippen LogP contribution in [0.2, 0.25) is 0 Å². The molecule has 9 heavy (non-hydrogen) atoms. The molecule has 3 heteroatoms. The van der Waals surface area contributed by atoms with Gasteiger partial charge < -0.3 is 0 Å².